The molecule has 0 spiro atoms. The third-order valence-electron chi connectivity index (χ3n) is 2.94. The molecule has 0 saturated carbocycles. The molecule has 94 valence electrons. The predicted octanol–water partition coefficient (Wildman–Crippen LogP) is 3.94. The van der Waals surface area contributed by atoms with E-state index in [1.165, 1.54) is 4.88 Å². The Kier molecular flexibility index (Phi) is 4.15. The van der Waals surface area contributed by atoms with Gasteiger partial charge in [0.1, 0.15) is 0 Å². The third kappa shape index (κ3) is 2.99. The molecule has 1 aromatic carbocycles. The molecule has 1 atom stereocenters. The Morgan fingerprint density at radius 1 is 1.28 bits per heavy atom. The van der Waals surface area contributed by atoms with Crippen molar-refractivity contribution in [3.8, 4) is 10.4 Å². The van der Waals surface area contributed by atoms with Crippen LogP contribution in [-0.2, 0) is 0 Å². The van der Waals surface area contributed by atoms with Crippen LogP contribution in [0.1, 0.15) is 30.6 Å². The van der Waals surface area contributed by atoms with Crippen molar-refractivity contribution in [2.45, 2.75) is 26.3 Å². The molecule has 0 radical (unpaired) electrons. The van der Waals surface area contributed by atoms with E-state index >= 15 is 0 Å². The van der Waals surface area contributed by atoms with Gasteiger partial charge in [0.15, 0.2) is 0 Å². The Morgan fingerprint density at radius 3 is 2.56 bits per heavy atom. The van der Waals surface area contributed by atoms with Gasteiger partial charge in [-0.3, -0.25) is 4.79 Å². The highest BCUT2D eigenvalue weighted by atomic mass is 32.1. The van der Waals surface area contributed by atoms with Gasteiger partial charge in [0.2, 0.25) is 0 Å². The van der Waals surface area contributed by atoms with E-state index in [1.807, 2.05) is 37.3 Å². The van der Waals surface area contributed by atoms with Gasteiger partial charge >= 0.3 is 0 Å². The van der Waals surface area contributed by atoms with E-state index in [2.05, 4.69) is 23.7 Å². The number of hydrogen-bond acceptors (Lipinski definition) is 2. The summed E-state index contributed by atoms with van der Waals surface area (Å²) in [4.78, 5) is 13.1. The summed E-state index contributed by atoms with van der Waals surface area (Å²) in [5.41, 5.74) is 1.88. The van der Waals surface area contributed by atoms with E-state index in [0.717, 1.165) is 17.5 Å². The summed E-state index contributed by atoms with van der Waals surface area (Å²) >= 11 is 1.70. The van der Waals surface area contributed by atoms with Crippen molar-refractivity contribution in [1.29, 1.82) is 0 Å². The van der Waals surface area contributed by atoms with Crippen LogP contribution in [0, 0.1) is 0 Å². The molecule has 3 heteroatoms. The average Bonchev–Trinajstić information content (AvgIpc) is 2.92. The number of hydrogen-bond donors (Lipinski definition) is 1. The first-order chi connectivity index (χ1) is 8.70. The maximum atomic E-state index is 11.9. The second-order valence-electron chi connectivity index (χ2n) is 4.34. The SMILES string of the molecule is CCC(C)NC(=O)c1ccc(-c2cccs2)cc1. The molecule has 1 heterocycles. The van der Waals surface area contributed by atoms with Crippen LogP contribution >= 0.6 is 11.3 Å². The molecule has 2 nitrogen and oxygen atoms in total. The summed E-state index contributed by atoms with van der Waals surface area (Å²) < 4.78 is 0. The standard InChI is InChI=1S/C15H17NOS/c1-3-11(2)16-15(17)13-8-6-12(7-9-13)14-5-4-10-18-14/h4-11H,3H2,1-2H3,(H,16,17). The van der Waals surface area contributed by atoms with Gasteiger partial charge in [0.25, 0.3) is 5.91 Å². The summed E-state index contributed by atoms with van der Waals surface area (Å²) in [6.45, 7) is 4.07. The number of carbonyl (C=O) groups excluding carboxylic acids is 1. The molecule has 1 aromatic heterocycles. The lowest BCUT2D eigenvalue weighted by Crippen LogP contribution is -2.31. The minimum absolute atomic E-state index is 0.00193. The van der Waals surface area contributed by atoms with Crippen molar-refractivity contribution in [2.75, 3.05) is 0 Å². The van der Waals surface area contributed by atoms with Crippen molar-refractivity contribution in [2.24, 2.45) is 0 Å². The van der Waals surface area contributed by atoms with Gasteiger partial charge in [-0.15, -0.1) is 11.3 Å². The highest BCUT2D eigenvalue weighted by Crippen LogP contribution is 2.24. The number of amides is 1. The molecule has 0 aliphatic rings. The highest BCUT2D eigenvalue weighted by Gasteiger charge is 2.08. The van der Waals surface area contributed by atoms with Gasteiger partial charge < -0.3 is 5.32 Å². The smallest absolute Gasteiger partial charge is 0.251 e. The second kappa shape index (κ2) is 5.83. The van der Waals surface area contributed by atoms with Gasteiger partial charge in [-0.25, -0.2) is 0 Å². The molecular weight excluding hydrogens is 242 g/mol. The number of carbonyl (C=O) groups is 1. The van der Waals surface area contributed by atoms with E-state index in [1.54, 1.807) is 11.3 Å². The fraction of sp³-hybridized carbons (Fsp3) is 0.267. The summed E-state index contributed by atoms with van der Waals surface area (Å²) in [6, 6.07) is 12.1. The van der Waals surface area contributed by atoms with E-state index < -0.39 is 0 Å². The van der Waals surface area contributed by atoms with E-state index in [4.69, 9.17) is 0 Å². The Bertz CT molecular complexity index is 502. The molecule has 0 bridgehead atoms. The average molecular weight is 259 g/mol. The quantitative estimate of drug-likeness (QED) is 0.885. The minimum atomic E-state index is 0.00193. The van der Waals surface area contributed by atoms with Crippen LogP contribution in [0.3, 0.4) is 0 Å². The molecule has 1 unspecified atom stereocenters. The fourth-order valence-electron chi connectivity index (χ4n) is 1.64. The summed E-state index contributed by atoms with van der Waals surface area (Å²) in [7, 11) is 0. The molecular formula is C15H17NOS. The largest absolute Gasteiger partial charge is 0.350 e. The first-order valence-electron chi connectivity index (χ1n) is 6.15. The van der Waals surface area contributed by atoms with Gasteiger partial charge in [-0.2, -0.15) is 0 Å². The van der Waals surface area contributed by atoms with Crippen LogP contribution in [0.25, 0.3) is 10.4 Å². The Hall–Kier alpha value is -1.61. The van der Waals surface area contributed by atoms with Crippen LogP contribution in [-0.4, -0.2) is 11.9 Å². The molecule has 2 rings (SSSR count). The van der Waals surface area contributed by atoms with Gasteiger partial charge in [0, 0.05) is 16.5 Å². The Labute approximate surface area is 112 Å². The first-order valence-corrected chi connectivity index (χ1v) is 7.03. The van der Waals surface area contributed by atoms with E-state index in [0.29, 0.717) is 0 Å². The molecule has 1 amide bonds. The summed E-state index contributed by atoms with van der Waals surface area (Å²) in [6.07, 6.45) is 0.943. The summed E-state index contributed by atoms with van der Waals surface area (Å²) in [5, 5.41) is 5.02. The van der Waals surface area contributed by atoms with E-state index in [9.17, 15) is 4.79 Å². The van der Waals surface area contributed by atoms with Crippen molar-refractivity contribution in [1.82, 2.24) is 5.32 Å². The maximum Gasteiger partial charge on any atom is 0.251 e. The van der Waals surface area contributed by atoms with Crippen molar-refractivity contribution >= 4 is 17.2 Å². The lowest BCUT2D eigenvalue weighted by molar-refractivity contribution is 0.0939. The van der Waals surface area contributed by atoms with Crippen LogP contribution < -0.4 is 5.32 Å². The molecule has 0 aliphatic heterocycles. The number of nitrogens with one attached hydrogen (secondary N) is 1. The van der Waals surface area contributed by atoms with Crippen LogP contribution in [0.5, 0.6) is 0 Å². The molecule has 1 N–H and O–H groups in total. The van der Waals surface area contributed by atoms with Crippen molar-refractivity contribution in [3.63, 3.8) is 0 Å². The van der Waals surface area contributed by atoms with Gasteiger partial charge in [-0.1, -0.05) is 25.1 Å². The lowest BCUT2D eigenvalue weighted by atomic mass is 10.1. The molecule has 18 heavy (non-hydrogen) atoms. The second-order valence-corrected chi connectivity index (χ2v) is 5.29. The lowest BCUT2D eigenvalue weighted by Gasteiger charge is -2.11. The van der Waals surface area contributed by atoms with E-state index in [-0.39, 0.29) is 11.9 Å². The predicted molar refractivity (Wildman–Crippen MR) is 77.0 cm³/mol. The molecule has 0 aliphatic carbocycles. The van der Waals surface area contributed by atoms with Crippen molar-refractivity contribution in [3.05, 3.63) is 47.3 Å². The fourth-order valence-corrected chi connectivity index (χ4v) is 2.37. The Morgan fingerprint density at radius 2 is 2.00 bits per heavy atom. The zero-order chi connectivity index (χ0) is 13.0. The van der Waals surface area contributed by atoms with Gasteiger partial charge in [0.05, 0.1) is 0 Å². The van der Waals surface area contributed by atoms with Gasteiger partial charge in [-0.05, 0) is 42.5 Å². The zero-order valence-corrected chi connectivity index (χ0v) is 11.5. The normalized spacial score (nSPS) is 12.1. The monoisotopic (exact) mass is 259 g/mol. The first kappa shape index (κ1) is 12.8. The van der Waals surface area contributed by atoms with Crippen molar-refractivity contribution < 1.29 is 4.79 Å². The molecule has 2 aromatic rings. The van der Waals surface area contributed by atoms with Crippen LogP contribution in [0.15, 0.2) is 41.8 Å². The number of rotatable bonds is 4. The topological polar surface area (TPSA) is 29.1 Å². The molecule has 0 saturated heterocycles. The maximum absolute atomic E-state index is 11.9. The van der Waals surface area contributed by atoms with Crippen LogP contribution in [0.2, 0.25) is 0 Å². The zero-order valence-electron chi connectivity index (χ0n) is 10.6. The third-order valence-corrected chi connectivity index (χ3v) is 3.86. The number of thiophene rings is 1. The molecule has 0 fully saturated rings. The Balaban J connectivity index is 2.10. The summed E-state index contributed by atoms with van der Waals surface area (Å²) in [5.74, 6) is 0.00193. The van der Waals surface area contributed by atoms with Crippen LogP contribution in [0.4, 0.5) is 0 Å². The minimum Gasteiger partial charge on any atom is -0.350 e. The highest BCUT2D eigenvalue weighted by molar-refractivity contribution is 7.13. The number of benzene rings is 1.